The van der Waals surface area contributed by atoms with Gasteiger partial charge in [-0.1, -0.05) is 24.6 Å². The molecule has 0 aliphatic rings. The van der Waals surface area contributed by atoms with Crippen molar-refractivity contribution >= 4 is 22.9 Å². The lowest BCUT2D eigenvalue weighted by Gasteiger charge is -2.15. The number of nitrogens with two attached hydrogens (primary N) is 1. The first kappa shape index (κ1) is 14.3. The predicted molar refractivity (Wildman–Crippen MR) is 79.9 cm³/mol. The first-order valence-electron chi connectivity index (χ1n) is 6.23. The van der Waals surface area contributed by atoms with Crippen LogP contribution in [-0.4, -0.2) is 11.0 Å². The predicted octanol–water partition coefficient (Wildman–Crippen LogP) is 3.66. The Balaban J connectivity index is 2.12. The molecule has 1 unspecified atom stereocenters. The van der Waals surface area contributed by atoms with Crippen LogP contribution < -0.4 is 10.5 Å². The molecule has 1 aromatic carbocycles. The van der Waals surface area contributed by atoms with E-state index in [-0.39, 0.29) is 6.04 Å². The monoisotopic (exact) mass is 296 g/mol. The Bertz CT molecular complexity index is 516. The number of ether oxygens (including phenoxy) is 1. The maximum absolute atomic E-state index is 6.25. The van der Waals surface area contributed by atoms with Gasteiger partial charge in [-0.3, -0.25) is 4.98 Å². The highest BCUT2D eigenvalue weighted by Gasteiger charge is 2.12. The Hall–Kier alpha value is -1.10. The molecule has 3 nitrogen and oxygen atoms in total. The highest BCUT2D eigenvalue weighted by atomic mass is 35.5. The molecular weight excluding hydrogens is 280 g/mol. The fourth-order valence-electron chi connectivity index (χ4n) is 1.74. The number of aromatic nitrogens is 1. The van der Waals surface area contributed by atoms with Crippen molar-refractivity contribution in [1.82, 2.24) is 4.98 Å². The van der Waals surface area contributed by atoms with Crippen LogP contribution in [0.15, 0.2) is 29.9 Å². The van der Waals surface area contributed by atoms with Gasteiger partial charge >= 0.3 is 0 Å². The first-order valence-corrected chi connectivity index (χ1v) is 7.49. The summed E-state index contributed by atoms with van der Waals surface area (Å²) in [4.78, 5) is 5.12. The molecule has 0 aliphatic carbocycles. The van der Waals surface area contributed by atoms with Crippen LogP contribution in [-0.2, 0) is 13.0 Å². The molecule has 0 saturated carbocycles. The van der Waals surface area contributed by atoms with Crippen LogP contribution in [0.3, 0.4) is 0 Å². The number of halogens is 1. The summed E-state index contributed by atoms with van der Waals surface area (Å²) >= 11 is 7.82. The molecular formula is C14H17ClN2OS. The highest BCUT2D eigenvalue weighted by molar-refractivity contribution is 7.09. The van der Waals surface area contributed by atoms with Crippen molar-refractivity contribution in [1.29, 1.82) is 0 Å². The zero-order valence-electron chi connectivity index (χ0n) is 10.8. The minimum Gasteiger partial charge on any atom is -0.488 e. The molecule has 1 atom stereocenters. The third-order valence-electron chi connectivity index (χ3n) is 2.92. The number of hydrogen-bond acceptors (Lipinski definition) is 4. The standard InChI is InChI=1S/C14H17ClN2OS/c1-2-10(16)6-12-13(15)4-3-5-14(12)18-8-11-7-17-9-19-11/h3-5,7,9-10H,2,6,8,16H2,1H3. The second-order valence-corrected chi connectivity index (χ2v) is 5.72. The van der Waals surface area contributed by atoms with Crippen molar-refractivity contribution in [2.24, 2.45) is 5.73 Å². The van der Waals surface area contributed by atoms with Crippen molar-refractivity contribution < 1.29 is 4.74 Å². The molecule has 0 aliphatic heterocycles. The molecule has 5 heteroatoms. The first-order chi connectivity index (χ1) is 9.20. The quantitative estimate of drug-likeness (QED) is 0.885. The summed E-state index contributed by atoms with van der Waals surface area (Å²) in [5, 5.41) is 0.714. The summed E-state index contributed by atoms with van der Waals surface area (Å²) < 4.78 is 5.84. The van der Waals surface area contributed by atoms with Gasteiger partial charge in [-0.2, -0.15) is 0 Å². The van der Waals surface area contributed by atoms with Crippen LogP contribution in [0, 0.1) is 0 Å². The molecule has 1 heterocycles. The number of benzene rings is 1. The van der Waals surface area contributed by atoms with E-state index in [1.165, 1.54) is 0 Å². The summed E-state index contributed by atoms with van der Waals surface area (Å²) in [6.45, 7) is 2.58. The summed E-state index contributed by atoms with van der Waals surface area (Å²) in [6.07, 6.45) is 3.46. The van der Waals surface area contributed by atoms with E-state index >= 15 is 0 Å². The zero-order valence-corrected chi connectivity index (χ0v) is 12.4. The van der Waals surface area contributed by atoms with Gasteiger partial charge in [0.15, 0.2) is 0 Å². The van der Waals surface area contributed by atoms with Crippen molar-refractivity contribution in [2.45, 2.75) is 32.4 Å². The second-order valence-electron chi connectivity index (χ2n) is 4.35. The van der Waals surface area contributed by atoms with Gasteiger partial charge in [-0.25, -0.2) is 0 Å². The van der Waals surface area contributed by atoms with Crippen molar-refractivity contribution in [3.8, 4) is 5.75 Å². The average molecular weight is 297 g/mol. The molecule has 0 radical (unpaired) electrons. The average Bonchev–Trinajstić information content (AvgIpc) is 2.92. The van der Waals surface area contributed by atoms with Gasteiger partial charge in [0.2, 0.25) is 0 Å². The molecule has 0 fully saturated rings. The normalized spacial score (nSPS) is 12.4. The Morgan fingerprint density at radius 2 is 2.32 bits per heavy atom. The zero-order chi connectivity index (χ0) is 13.7. The number of nitrogens with zero attached hydrogens (tertiary/aromatic N) is 1. The van der Waals surface area contributed by atoms with Gasteiger partial charge in [0.25, 0.3) is 0 Å². The number of hydrogen-bond donors (Lipinski definition) is 1. The van der Waals surface area contributed by atoms with Crippen LogP contribution in [0.2, 0.25) is 5.02 Å². The fourth-order valence-corrected chi connectivity index (χ4v) is 2.49. The van der Waals surface area contributed by atoms with E-state index in [1.54, 1.807) is 16.8 Å². The van der Waals surface area contributed by atoms with Crippen LogP contribution in [0.4, 0.5) is 0 Å². The van der Waals surface area contributed by atoms with E-state index in [0.717, 1.165) is 29.0 Å². The molecule has 19 heavy (non-hydrogen) atoms. The minimum atomic E-state index is 0.102. The topological polar surface area (TPSA) is 48.1 Å². The molecule has 0 bridgehead atoms. The van der Waals surface area contributed by atoms with Crippen LogP contribution in [0.25, 0.3) is 0 Å². The number of thiazole rings is 1. The van der Waals surface area contributed by atoms with Gasteiger partial charge in [-0.05, 0) is 25.0 Å². The van der Waals surface area contributed by atoms with E-state index in [1.807, 2.05) is 24.4 Å². The van der Waals surface area contributed by atoms with Crippen molar-refractivity contribution in [3.63, 3.8) is 0 Å². The van der Waals surface area contributed by atoms with Gasteiger partial charge in [0, 0.05) is 22.8 Å². The van der Waals surface area contributed by atoms with Crippen molar-refractivity contribution in [2.75, 3.05) is 0 Å². The summed E-state index contributed by atoms with van der Waals surface area (Å²) in [5.41, 5.74) is 8.80. The molecule has 0 saturated heterocycles. The Morgan fingerprint density at radius 1 is 1.47 bits per heavy atom. The molecule has 2 rings (SSSR count). The summed E-state index contributed by atoms with van der Waals surface area (Å²) in [7, 11) is 0. The lowest BCUT2D eigenvalue weighted by molar-refractivity contribution is 0.305. The molecule has 102 valence electrons. The largest absolute Gasteiger partial charge is 0.488 e. The molecule has 2 aromatic rings. The van der Waals surface area contributed by atoms with Crippen LogP contribution in [0.1, 0.15) is 23.8 Å². The van der Waals surface area contributed by atoms with E-state index in [0.29, 0.717) is 11.6 Å². The van der Waals surface area contributed by atoms with E-state index in [2.05, 4.69) is 11.9 Å². The molecule has 2 N–H and O–H groups in total. The highest BCUT2D eigenvalue weighted by Crippen LogP contribution is 2.28. The van der Waals surface area contributed by atoms with E-state index in [4.69, 9.17) is 22.1 Å². The third-order valence-corrected chi connectivity index (χ3v) is 4.03. The van der Waals surface area contributed by atoms with Gasteiger partial charge in [-0.15, -0.1) is 11.3 Å². The molecule has 1 aromatic heterocycles. The van der Waals surface area contributed by atoms with Gasteiger partial charge < -0.3 is 10.5 Å². The van der Waals surface area contributed by atoms with Gasteiger partial charge in [0.1, 0.15) is 12.4 Å². The summed E-state index contributed by atoms with van der Waals surface area (Å²) in [6, 6.07) is 5.81. The Kier molecular flexibility index (Phi) is 5.19. The van der Waals surface area contributed by atoms with Crippen molar-refractivity contribution in [3.05, 3.63) is 45.4 Å². The lowest BCUT2D eigenvalue weighted by atomic mass is 10.0. The maximum atomic E-state index is 6.25. The smallest absolute Gasteiger partial charge is 0.124 e. The molecule has 0 amide bonds. The minimum absolute atomic E-state index is 0.102. The third kappa shape index (κ3) is 3.93. The second kappa shape index (κ2) is 6.89. The van der Waals surface area contributed by atoms with Crippen LogP contribution in [0.5, 0.6) is 5.75 Å². The Morgan fingerprint density at radius 3 is 3.00 bits per heavy atom. The van der Waals surface area contributed by atoms with E-state index < -0.39 is 0 Å². The SMILES string of the molecule is CCC(N)Cc1c(Cl)cccc1OCc1cncs1. The van der Waals surface area contributed by atoms with E-state index in [9.17, 15) is 0 Å². The summed E-state index contributed by atoms with van der Waals surface area (Å²) in [5.74, 6) is 0.810. The van der Waals surface area contributed by atoms with Crippen LogP contribution >= 0.6 is 22.9 Å². The maximum Gasteiger partial charge on any atom is 0.124 e. The number of rotatable bonds is 6. The van der Waals surface area contributed by atoms with Gasteiger partial charge in [0.05, 0.1) is 10.4 Å². The fraction of sp³-hybridized carbons (Fsp3) is 0.357. The Labute approximate surface area is 122 Å². The lowest BCUT2D eigenvalue weighted by Crippen LogP contribution is -2.22. The molecule has 0 spiro atoms.